The molecule has 0 saturated heterocycles. The zero-order chi connectivity index (χ0) is 20.3. The number of H-pyrrole nitrogens is 1. The number of aromatic carboxylic acids is 1. The van der Waals surface area contributed by atoms with Gasteiger partial charge in [-0.15, -0.1) is 0 Å². The molecule has 0 amide bonds. The fourth-order valence-corrected chi connectivity index (χ4v) is 3.17. The van der Waals surface area contributed by atoms with Crippen molar-refractivity contribution in [3.05, 3.63) is 81.3 Å². The number of aryl methyl sites for hydroxylation is 1. The fraction of sp³-hybridized carbons (Fsp3) is 0.105. The van der Waals surface area contributed by atoms with Gasteiger partial charge in [0.15, 0.2) is 11.1 Å². The van der Waals surface area contributed by atoms with Crippen LogP contribution in [-0.2, 0) is 16.8 Å². The van der Waals surface area contributed by atoms with Gasteiger partial charge < -0.3 is 9.66 Å². The van der Waals surface area contributed by atoms with Gasteiger partial charge >= 0.3 is 5.97 Å². The molecule has 9 heteroatoms. The monoisotopic (exact) mass is 399 g/mol. The minimum Gasteiger partial charge on any atom is -0.478 e. The van der Waals surface area contributed by atoms with Crippen molar-refractivity contribution in [3.8, 4) is 5.69 Å². The Morgan fingerprint density at radius 1 is 1.25 bits per heavy atom. The minimum absolute atomic E-state index is 0.0692. The topological polar surface area (TPSA) is 125 Å². The molecule has 3 aromatic rings. The van der Waals surface area contributed by atoms with E-state index < -0.39 is 17.0 Å². The van der Waals surface area contributed by atoms with Crippen molar-refractivity contribution >= 4 is 29.0 Å². The molecule has 0 saturated carbocycles. The van der Waals surface area contributed by atoms with E-state index in [1.807, 2.05) is 6.07 Å². The maximum Gasteiger partial charge on any atom is 0.337 e. The summed E-state index contributed by atoms with van der Waals surface area (Å²) in [7, 11) is 0. The Balaban J connectivity index is 2.02. The number of carbonyl (C=O) groups is 1. The van der Waals surface area contributed by atoms with E-state index >= 15 is 0 Å². The number of aromatic nitrogens is 2. The molecule has 0 spiro atoms. The van der Waals surface area contributed by atoms with E-state index in [9.17, 15) is 18.9 Å². The summed E-state index contributed by atoms with van der Waals surface area (Å²) in [6.45, 7) is 1.71. The van der Waals surface area contributed by atoms with Crippen LogP contribution in [0.5, 0.6) is 0 Å². The highest BCUT2D eigenvalue weighted by Crippen LogP contribution is 2.22. The molecule has 0 radical (unpaired) electrons. The Morgan fingerprint density at radius 3 is 2.61 bits per heavy atom. The number of para-hydroxylation sites is 1. The van der Waals surface area contributed by atoms with Crippen LogP contribution in [0.4, 0.5) is 5.69 Å². The first-order valence-corrected chi connectivity index (χ1v) is 9.49. The smallest absolute Gasteiger partial charge is 0.337 e. The molecule has 28 heavy (non-hydrogen) atoms. The predicted molar refractivity (Wildman–Crippen MR) is 106 cm³/mol. The molecular weight excluding hydrogens is 382 g/mol. The third-order valence-corrected chi connectivity index (χ3v) is 4.63. The standard InChI is InChI=1S/C19H17N3O5S/c1-12-16(18(23)22(21-12)14-5-3-2-4-6-14)10-20-17-9-13(11-28(26)27)7-8-15(17)19(24)25/h2-10,21H,11H2,1H3,(H,24,25)(H,26,27). The molecule has 0 aliphatic heterocycles. The first kappa shape index (κ1) is 19.5. The normalized spacial score (nSPS) is 12.4. The second kappa shape index (κ2) is 8.15. The van der Waals surface area contributed by atoms with E-state index in [2.05, 4.69) is 10.1 Å². The van der Waals surface area contributed by atoms with Crippen LogP contribution in [-0.4, -0.2) is 35.8 Å². The van der Waals surface area contributed by atoms with E-state index in [-0.39, 0.29) is 28.1 Å². The van der Waals surface area contributed by atoms with Crippen molar-refractivity contribution in [3.63, 3.8) is 0 Å². The summed E-state index contributed by atoms with van der Waals surface area (Å²) in [5.74, 6) is -1.33. The molecule has 2 aromatic carbocycles. The number of hydrogen-bond acceptors (Lipinski definition) is 4. The number of benzene rings is 2. The summed E-state index contributed by atoms with van der Waals surface area (Å²) in [6, 6.07) is 13.2. The van der Waals surface area contributed by atoms with E-state index in [0.29, 0.717) is 16.9 Å². The maximum absolute atomic E-state index is 12.7. The van der Waals surface area contributed by atoms with Gasteiger partial charge in [0.1, 0.15) is 0 Å². The Kier molecular flexibility index (Phi) is 5.67. The summed E-state index contributed by atoms with van der Waals surface area (Å²) >= 11 is -2.06. The van der Waals surface area contributed by atoms with Crippen LogP contribution in [0.2, 0.25) is 0 Å². The van der Waals surface area contributed by atoms with Crippen LogP contribution in [0.1, 0.15) is 27.2 Å². The van der Waals surface area contributed by atoms with Crippen LogP contribution in [0, 0.1) is 6.92 Å². The Morgan fingerprint density at radius 2 is 1.96 bits per heavy atom. The highest BCUT2D eigenvalue weighted by molar-refractivity contribution is 7.78. The lowest BCUT2D eigenvalue weighted by Crippen LogP contribution is -2.17. The summed E-state index contributed by atoms with van der Waals surface area (Å²) in [4.78, 5) is 28.3. The molecule has 3 rings (SSSR count). The van der Waals surface area contributed by atoms with Crippen molar-refractivity contribution in [2.45, 2.75) is 12.7 Å². The van der Waals surface area contributed by atoms with Crippen LogP contribution in [0.3, 0.4) is 0 Å². The number of nitrogens with one attached hydrogen (secondary N) is 1. The number of nitrogens with zero attached hydrogens (tertiary/aromatic N) is 2. The lowest BCUT2D eigenvalue weighted by Gasteiger charge is -2.04. The summed E-state index contributed by atoms with van der Waals surface area (Å²) in [5, 5.41) is 12.3. The van der Waals surface area contributed by atoms with E-state index in [1.54, 1.807) is 31.2 Å². The summed E-state index contributed by atoms with van der Waals surface area (Å²) in [5.41, 5.74) is 1.69. The van der Waals surface area contributed by atoms with Gasteiger partial charge in [-0.25, -0.2) is 13.7 Å². The van der Waals surface area contributed by atoms with Gasteiger partial charge in [0.05, 0.1) is 28.3 Å². The SMILES string of the molecule is Cc1[nH]n(-c2ccccc2)c(=O)c1C=Nc1cc(CS(=O)O)ccc1C(=O)O. The van der Waals surface area contributed by atoms with Gasteiger partial charge in [-0.3, -0.25) is 14.9 Å². The van der Waals surface area contributed by atoms with E-state index in [4.69, 9.17) is 4.55 Å². The molecular formula is C19H17N3O5S. The van der Waals surface area contributed by atoms with Gasteiger partial charge in [0, 0.05) is 11.9 Å². The number of aromatic amines is 1. The number of carboxylic acid groups (broad SMARTS) is 1. The molecule has 0 aliphatic rings. The molecule has 1 heterocycles. The number of aliphatic imine (C=N–C) groups is 1. The molecule has 1 atom stereocenters. The summed E-state index contributed by atoms with van der Waals surface area (Å²) < 4.78 is 21.4. The third kappa shape index (κ3) is 4.16. The number of rotatable bonds is 6. The van der Waals surface area contributed by atoms with Crippen molar-refractivity contribution in [2.24, 2.45) is 4.99 Å². The lowest BCUT2D eigenvalue weighted by atomic mass is 10.1. The number of hydrogen-bond donors (Lipinski definition) is 3. The second-order valence-corrected chi connectivity index (χ2v) is 6.94. The Bertz CT molecular complexity index is 1130. The van der Waals surface area contributed by atoms with Gasteiger partial charge in [-0.1, -0.05) is 24.3 Å². The number of carboxylic acids is 1. The van der Waals surface area contributed by atoms with Crippen molar-refractivity contribution in [2.75, 3.05) is 0 Å². The summed E-state index contributed by atoms with van der Waals surface area (Å²) in [6.07, 6.45) is 1.30. The van der Waals surface area contributed by atoms with Crippen molar-refractivity contribution in [1.82, 2.24) is 9.78 Å². The van der Waals surface area contributed by atoms with Gasteiger partial charge in [0.2, 0.25) is 0 Å². The third-order valence-electron chi connectivity index (χ3n) is 4.05. The van der Waals surface area contributed by atoms with Crippen LogP contribution < -0.4 is 5.56 Å². The zero-order valence-electron chi connectivity index (χ0n) is 14.8. The molecule has 8 nitrogen and oxygen atoms in total. The second-order valence-electron chi connectivity index (χ2n) is 6.01. The molecule has 0 fully saturated rings. The van der Waals surface area contributed by atoms with Gasteiger partial charge in [-0.05, 0) is 36.8 Å². The first-order chi connectivity index (χ1) is 13.4. The van der Waals surface area contributed by atoms with Crippen molar-refractivity contribution in [1.29, 1.82) is 0 Å². The predicted octanol–water partition coefficient (Wildman–Crippen LogP) is 2.64. The highest BCUT2D eigenvalue weighted by atomic mass is 32.2. The van der Waals surface area contributed by atoms with Crippen molar-refractivity contribution < 1.29 is 18.7 Å². The van der Waals surface area contributed by atoms with Crippen LogP contribution in [0.25, 0.3) is 5.69 Å². The van der Waals surface area contributed by atoms with E-state index in [1.165, 1.54) is 29.1 Å². The highest BCUT2D eigenvalue weighted by Gasteiger charge is 2.13. The minimum atomic E-state index is -2.06. The molecule has 144 valence electrons. The largest absolute Gasteiger partial charge is 0.478 e. The average Bonchev–Trinajstić information content (AvgIpc) is 2.94. The van der Waals surface area contributed by atoms with Gasteiger partial charge in [0.25, 0.3) is 5.56 Å². The zero-order valence-corrected chi connectivity index (χ0v) is 15.6. The molecule has 1 unspecified atom stereocenters. The Hall–Kier alpha value is -3.30. The average molecular weight is 399 g/mol. The molecule has 3 N–H and O–H groups in total. The quantitative estimate of drug-likeness (QED) is 0.434. The fourth-order valence-electron chi connectivity index (χ4n) is 2.70. The Labute approximate surface area is 162 Å². The van der Waals surface area contributed by atoms with Crippen LogP contribution >= 0.6 is 0 Å². The maximum atomic E-state index is 12.7. The molecule has 0 aliphatic carbocycles. The van der Waals surface area contributed by atoms with Crippen LogP contribution in [0.15, 0.2) is 58.3 Å². The van der Waals surface area contributed by atoms with E-state index in [0.717, 1.165) is 0 Å². The molecule has 0 bridgehead atoms. The lowest BCUT2D eigenvalue weighted by molar-refractivity contribution is 0.0698. The van der Waals surface area contributed by atoms with Gasteiger partial charge in [-0.2, -0.15) is 0 Å². The molecule has 1 aromatic heterocycles. The first-order valence-electron chi connectivity index (χ1n) is 8.21.